The lowest BCUT2D eigenvalue weighted by Crippen LogP contribution is -2.25. The minimum Gasteiger partial charge on any atom is -0.373 e. The Morgan fingerprint density at radius 2 is 2.33 bits per heavy atom. The van der Waals surface area contributed by atoms with E-state index in [1.54, 1.807) is 6.20 Å². The molecule has 18 heavy (non-hydrogen) atoms. The van der Waals surface area contributed by atoms with Gasteiger partial charge in [0.05, 0.1) is 0 Å². The van der Waals surface area contributed by atoms with Gasteiger partial charge in [0.15, 0.2) is 0 Å². The number of hydrogen-bond acceptors (Lipinski definition) is 3. The summed E-state index contributed by atoms with van der Waals surface area (Å²) in [5.41, 5.74) is 1.13. The van der Waals surface area contributed by atoms with E-state index in [9.17, 15) is 4.79 Å². The molecule has 2 rings (SSSR count). The predicted octanol–water partition coefficient (Wildman–Crippen LogP) is 2.13. The van der Waals surface area contributed by atoms with E-state index in [2.05, 4.69) is 24.1 Å². The maximum atomic E-state index is 11.9. The van der Waals surface area contributed by atoms with Crippen LogP contribution in [0.2, 0.25) is 0 Å². The Balaban J connectivity index is 2.03. The molecule has 1 atom stereocenters. The molecular weight excluding hydrogens is 226 g/mol. The molecule has 1 saturated heterocycles. The first-order valence-corrected chi connectivity index (χ1v) is 6.50. The van der Waals surface area contributed by atoms with Crippen molar-refractivity contribution >= 4 is 11.7 Å². The fraction of sp³-hybridized carbons (Fsp3) is 0.571. The third-order valence-corrected chi connectivity index (χ3v) is 3.64. The molecule has 1 aliphatic heterocycles. The molecule has 2 heterocycles. The number of pyridine rings is 1. The van der Waals surface area contributed by atoms with Crippen molar-refractivity contribution in [3.8, 4) is 0 Å². The Kier molecular flexibility index (Phi) is 3.84. The van der Waals surface area contributed by atoms with Gasteiger partial charge >= 0.3 is 0 Å². The summed E-state index contributed by atoms with van der Waals surface area (Å²) >= 11 is 0. The number of carbonyl (C=O) groups is 1. The van der Waals surface area contributed by atoms with Gasteiger partial charge in [-0.05, 0) is 29.5 Å². The molecule has 1 aromatic rings. The van der Waals surface area contributed by atoms with Gasteiger partial charge in [-0.2, -0.15) is 0 Å². The van der Waals surface area contributed by atoms with Gasteiger partial charge in [-0.1, -0.05) is 13.8 Å². The van der Waals surface area contributed by atoms with Gasteiger partial charge in [0, 0.05) is 32.8 Å². The molecule has 4 heteroatoms. The van der Waals surface area contributed by atoms with Crippen molar-refractivity contribution in [1.29, 1.82) is 0 Å². The smallest absolute Gasteiger partial charge is 0.223 e. The van der Waals surface area contributed by atoms with Crippen molar-refractivity contribution in [3.05, 3.63) is 23.9 Å². The summed E-state index contributed by atoms with van der Waals surface area (Å²) < 4.78 is 0. The first-order chi connectivity index (χ1) is 8.60. The van der Waals surface area contributed by atoms with E-state index >= 15 is 0 Å². The Hall–Kier alpha value is -1.58. The molecule has 0 radical (unpaired) electrons. The number of hydrogen-bond donors (Lipinski definition) is 1. The largest absolute Gasteiger partial charge is 0.373 e. The van der Waals surface area contributed by atoms with E-state index in [4.69, 9.17) is 0 Å². The number of carbonyl (C=O) groups excluding carboxylic acids is 1. The Labute approximate surface area is 108 Å². The number of amides is 1. The molecule has 1 fully saturated rings. The molecule has 0 saturated carbocycles. The van der Waals surface area contributed by atoms with Gasteiger partial charge in [-0.3, -0.25) is 4.79 Å². The van der Waals surface area contributed by atoms with E-state index in [1.165, 1.54) is 0 Å². The molecule has 1 aromatic heterocycles. The normalized spacial score (nSPS) is 19.7. The van der Waals surface area contributed by atoms with Gasteiger partial charge in [-0.25, -0.2) is 4.98 Å². The predicted molar refractivity (Wildman–Crippen MR) is 72.1 cm³/mol. The first-order valence-electron chi connectivity index (χ1n) is 6.50. The number of aromatic nitrogens is 1. The lowest BCUT2D eigenvalue weighted by molar-refractivity contribution is -0.128. The molecule has 1 N–H and O–H groups in total. The summed E-state index contributed by atoms with van der Waals surface area (Å²) in [6.45, 7) is 5.95. The summed E-state index contributed by atoms with van der Waals surface area (Å²) in [5.74, 6) is 2.20. The summed E-state index contributed by atoms with van der Waals surface area (Å²) in [4.78, 5) is 18.1. The van der Waals surface area contributed by atoms with Gasteiger partial charge in [0.2, 0.25) is 5.91 Å². The second-order valence-corrected chi connectivity index (χ2v) is 5.28. The topological polar surface area (TPSA) is 45.2 Å². The monoisotopic (exact) mass is 247 g/mol. The van der Waals surface area contributed by atoms with Crippen LogP contribution in [0, 0.1) is 11.8 Å². The quantitative estimate of drug-likeness (QED) is 0.886. The van der Waals surface area contributed by atoms with E-state index in [0.29, 0.717) is 24.8 Å². The number of anilines is 1. The molecule has 1 unspecified atom stereocenters. The summed E-state index contributed by atoms with van der Waals surface area (Å²) in [7, 11) is 1.85. The molecule has 0 aliphatic carbocycles. The molecule has 98 valence electrons. The Morgan fingerprint density at radius 1 is 1.56 bits per heavy atom. The maximum Gasteiger partial charge on any atom is 0.223 e. The molecule has 0 aromatic carbocycles. The third-order valence-electron chi connectivity index (χ3n) is 3.64. The van der Waals surface area contributed by atoms with Crippen LogP contribution < -0.4 is 5.32 Å². The van der Waals surface area contributed by atoms with Crippen LogP contribution in [0.5, 0.6) is 0 Å². The molecule has 1 aliphatic rings. The number of rotatable bonds is 4. The first kappa shape index (κ1) is 12.9. The van der Waals surface area contributed by atoms with E-state index in [-0.39, 0.29) is 5.91 Å². The fourth-order valence-corrected chi connectivity index (χ4v) is 2.33. The maximum absolute atomic E-state index is 11.9. The Bertz CT molecular complexity index is 431. The average molecular weight is 247 g/mol. The number of likely N-dealkylation sites (tertiary alicyclic amines) is 1. The molecule has 1 amide bonds. The summed E-state index contributed by atoms with van der Waals surface area (Å²) in [5, 5.41) is 3.02. The third kappa shape index (κ3) is 2.81. The SMILES string of the molecule is CNc1cc(CN2CC(C(C)C)CC2=O)ccn1. The molecule has 0 bridgehead atoms. The van der Waals surface area contributed by atoms with Crippen LogP contribution in [0.15, 0.2) is 18.3 Å². The van der Waals surface area contributed by atoms with Gasteiger partial charge in [0.25, 0.3) is 0 Å². The highest BCUT2D eigenvalue weighted by atomic mass is 16.2. The second kappa shape index (κ2) is 5.38. The highest BCUT2D eigenvalue weighted by Crippen LogP contribution is 2.26. The van der Waals surface area contributed by atoms with Gasteiger partial charge in [-0.15, -0.1) is 0 Å². The van der Waals surface area contributed by atoms with Crippen molar-refractivity contribution in [2.45, 2.75) is 26.8 Å². The zero-order chi connectivity index (χ0) is 13.1. The minimum atomic E-state index is 0.275. The van der Waals surface area contributed by atoms with Crippen molar-refractivity contribution < 1.29 is 4.79 Å². The average Bonchev–Trinajstić information content (AvgIpc) is 2.71. The highest BCUT2D eigenvalue weighted by molar-refractivity contribution is 5.78. The molecular formula is C14H21N3O. The van der Waals surface area contributed by atoms with Crippen LogP contribution in [0.25, 0.3) is 0 Å². The standard InChI is InChI=1S/C14H21N3O/c1-10(2)12-7-14(18)17(9-12)8-11-4-5-16-13(6-11)15-3/h4-6,10,12H,7-9H2,1-3H3,(H,15,16). The molecule has 4 nitrogen and oxygen atoms in total. The van der Waals surface area contributed by atoms with Crippen LogP contribution in [0.1, 0.15) is 25.8 Å². The van der Waals surface area contributed by atoms with Crippen molar-refractivity contribution in [2.75, 3.05) is 18.9 Å². The highest BCUT2D eigenvalue weighted by Gasteiger charge is 2.31. The van der Waals surface area contributed by atoms with Crippen molar-refractivity contribution in [2.24, 2.45) is 11.8 Å². The van der Waals surface area contributed by atoms with Crippen LogP contribution in [0.3, 0.4) is 0 Å². The van der Waals surface area contributed by atoms with E-state index in [1.807, 2.05) is 24.1 Å². The van der Waals surface area contributed by atoms with Gasteiger partial charge in [0.1, 0.15) is 5.82 Å². The van der Waals surface area contributed by atoms with Crippen molar-refractivity contribution in [3.63, 3.8) is 0 Å². The second-order valence-electron chi connectivity index (χ2n) is 5.28. The van der Waals surface area contributed by atoms with Gasteiger partial charge < -0.3 is 10.2 Å². The lowest BCUT2D eigenvalue weighted by Gasteiger charge is -2.18. The number of nitrogens with one attached hydrogen (secondary N) is 1. The van der Waals surface area contributed by atoms with Crippen LogP contribution in [-0.4, -0.2) is 29.4 Å². The fourth-order valence-electron chi connectivity index (χ4n) is 2.33. The number of nitrogens with zero attached hydrogens (tertiary/aromatic N) is 2. The minimum absolute atomic E-state index is 0.275. The summed E-state index contributed by atoms with van der Waals surface area (Å²) in [6, 6.07) is 3.97. The molecule has 0 spiro atoms. The lowest BCUT2D eigenvalue weighted by atomic mass is 9.95. The van der Waals surface area contributed by atoms with Crippen LogP contribution in [-0.2, 0) is 11.3 Å². The van der Waals surface area contributed by atoms with Crippen LogP contribution in [0.4, 0.5) is 5.82 Å². The van der Waals surface area contributed by atoms with E-state index in [0.717, 1.165) is 17.9 Å². The van der Waals surface area contributed by atoms with E-state index < -0.39 is 0 Å². The van der Waals surface area contributed by atoms with Crippen molar-refractivity contribution in [1.82, 2.24) is 9.88 Å². The zero-order valence-electron chi connectivity index (χ0n) is 11.3. The Morgan fingerprint density at radius 3 is 2.94 bits per heavy atom. The zero-order valence-corrected chi connectivity index (χ0v) is 11.3. The van der Waals surface area contributed by atoms with Crippen LogP contribution >= 0.6 is 0 Å². The summed E-state index contributed by atoms with van der Waals surface area (Å²) in [6.07, 6.45) is 2.48.